The highest BCUT2D eigenvalue weighted by atomic mass is 19.4. The first kappa shape index (κ1) is 11.5. The van der Waals surface area contributed by atoms with Gasteiger partial charge in [0.25, 0.3) is 0 Å². The number of benzene rings is 1. The van der Waals surface area contributed by atoms with Gasteiger partial charge in [0.2, 0.25) is 0 Å². The van der Waals surface area contributed by atoms with Crippen LogP contribution in [0.3, 0.4) is 0 Å². The maximum Gasteiger partial charge on any atom is 0.416 e. The lowest BCUT2D eigenvalue weighted by atomic mass is 10.1. The van der Waals surface area contributed by atoms with E-state index in [4.69, 9.17) is 0 Å². The van der Waals surface area contributed by atoms with Crippen molar-refractivity contribution in [3.8, 4) is 0 Å². The van der Waals surface area contributed by atoms with Crippen LogP contribution in [-0.4, -0.2) is 5.78 Å². The van der Waals surface area contributed by atoms with Crippen molar-refractivity contribution in [3.63, 3.8) is 0 Å². The number of halogens is 3. The van der Waals surface area contributed by atoms with Gasteiger partial charge in [0.15, 0.2) is 5.78 Å². The van der Waals surface area contributed by atoms with Crippen LogP contribution in [0.2, 0.25) is 0 Å². The van der Waals surface area contributed by atoms with Crippen LogP contribution >= 0.6 is 0 Å². The summed E-state index contributed by atoms with van der Waals surface area (Å²) in [4.78, 5) is 10.9. The molecule has 1 aromatic carbocycles. The second kappa shape index (κ2) is 4.29. The highest BCUT2D eigenvalue weighted by Gasteiger charge is 2.30. The Morgan fingerprint density at radius 3 is 2.60 bits per heavy atom. The second-order valence-corrected chi connectivity index (χ2v) is 3.05. The minimum atomic E-state index is -4.37. The third kappa shape index (κ3) is 3.23. The van der Waals surface area contributed by atoms with Gasteiger partial charge < -0.3 is 0 Å². The molecule has 0 heterocycles. The average molecular weight is 214 g/mol. The fourth-order valence-corrected chi connectivity index (χ4v) is 1.13. The van der Waals surface area contributed by atoms with Crippen molar-refractivity contribution >= 4 is 5.78 Å². The molecule has 0 aliphatic rings. The summed E-state index contributed by atoms with van der Waals surface area (Å²) in [5.41, 5.74) is -0.397. The number of rotatable bonds is 3. The van der Waals surface area contributed by atoms with Crippen molar-refractivity contribution in [3.05, 3.63) is 48.0 Å². The minimum Gasteiger partial charge on any atom is -0.295 e. The lowest BCUT2D eigenvalue weighted by molar-refractivity contribution is -0.137. The number of carbonyl (C=O) groups is 1. The molecule has 0 aliphatic carbocycles. The molecule has 80 valence electrons. The number of hydrogen-bond acceptors (Lipinski definition) is 1. The van der Waals surface area contributed by atoms with Crippen molar-refractivity contribution < 1.29 is 18.0 Å². The number of alkyl halides is 3. The molecule has 0 radical (unpaired) electrons. The van der Waals surface area contributed by atoms with E-state index >= 15 is 0 Å². The molecule has 0 saturated heterocycles. The van der Waals surface area contributed by atoms with Crippen molar-refractivity contribution in [2.75, 3.05) is 0 Å². The maximum absolute atomic E-state index is 12.3. The van der Waals surface area contributed by atoms with Gasteiger partial charge in [-0.05, 0) is 17.7 Å². The summed E-state index contributed by atoms with van der Waals surface area (Å²) >= 11 is 0. The first-order valence-corrected chi connectivity index (χ1v) is 4.25. The number of hydrogen-bond donors (Lipinski definition) is 0. The van der Waals surface area contributed by atoms with Crippen LogP contribution in [0, 0.1) is 0 Å². The SMILES string of the molecule is C=CC(=O)Cc1cccc(C(F)(F)F)c1. The molecule has 0 atom stereocenters. The molecule has 0 saturated carbocycles. The molecule has 1 rings (SSSR count). The Hall–Kier alpha value is -1.58. The minimum absolute atomic E-state index is 0.0482. The number of allylic oxidation sites excluding steroid dienone is 1. The van der Waals surface area contributed by atoms with E-state index in [-0.39, 0.29) is 12.2 Å². The fraction of sp³-hybridized carbons (Fsp3) is 0.182. The first-order chi connectivity index (χ1) is 6.93. The zero-order valence-electron chi connectivity index (χ0n) is 7.84. The summed E-state index contributed by atoms with van der Waals surface area (Å²) in [5.74, 6) is -0.297. The molecule has 0 aromatic heterocycles. The summed E-state index contributed by atoms with van der Waals surface area (Å²) in [6.45, 7) is 3.26. The third-order valence-corrected chi connectivity index (χ3v) is 1.86. The topological polar surface area (TPSA) is 17.1 Å². The summed E-state index contributed by atoms with van der Waals surface area (Å²) in [7, 11) is 0. The van der Waals surface area contributed by atoms with Crippen molar-refractivity contribution in [1.29, 1.82) is 0 Å². The Morgan fingerprint density at radius 1 is 1.40 bits per heavy atom. The zero-order valence-corrected chi connectivity index (χ0v) is 7.84. The molecule has 0 bridgehead atoms. The quantitative estimate of drug-likeness (QED) is 0.707. The predicted octanol–water partition coefficient (Wildman–Crippen LogP) is 3.00. The third-order valence-electron chi connectivity index (χ3n) is 1.86. The molecule has 0 amide bonds. The molecule has 1 aromatic rings. The predicted molar refractivity (Wildman–Crippen MR) is 50.4 cm³/mol. The van der Waals surface area contributed by atoms with Crippen molar-refractivity contribution in [2.24, 2.45) is 0 Å². The Morgan fingerprint density at radius 2 is 2.07 bits per heavy atom. The van der Waals surface area contributed by atoms with Gasteiger partial charge >= 0.3 is 6.18 Å². The maximum atomic E-state index is 12.3. The van der Waals surface area contributed by atoms with Crippen LogP contribution in [0.1, 0.15) is 11.1 Å². The summed E-state index contributed by atoms with van der Waals surface area (Å²) in [6.07, 6.45) is -3.32. The van der Waals surface area contributed by atoms with E-state index in [9.17, 15) is 18.0 Å². The molecule has 15 heavy (non-hydrogen) atoms. The van der Waals surface area contributed by atoms with Crippen LogP contribution in [0.15, 0.2) is 36.9 Å². The molecular weight excluding hydrogens is 205 g/mol. The van der Waals surface area contributed by atoms with Crippen molar-refractivity contribution in [2.45, 2.75) is 12.6 Å². The van der Waals surface area contributed by atoms with Crippen LogP contribution in [0.5, 0.6) is 0 Å². The van der Waals surface area contributed by atoms with E-state index in [1.54, 1.807) is 0 Å². The molecule has 0 unspecified atom stereocenters. The van der Waals surface area contributed by atoms with E-state index in [1.165, 1.54) is 12.1 Å². The van der Waals surface area contributed by atoms with E-state index in [1.807, 2.05) is 0 Å². The Balaban J connectivity index is 2.93. The van der Waals surface area contributed by atoms with Crippen LogP contribution in [0.4, 0.5) is 13.2 Å². The highest BCUT2D eigenvalue weighted by molar-refractivity contribution is 5.90. The largest absolute Gasteiger partial charge is 0.416 e. The van der Waals surface area contributed by atoms with Gasteiger partial charge in [-0.2, -0.15) is 13.2 Å². The fourth-order valence-electron chi connectivity index (χ4n) is 1.13. The smallest absolute Gasteiger partial charge is 0.295 e. The van der Waals surface area contributed by atoms with Gasteiger partial charge in [-0.1, -0.05) is 24.8 Å². The standard InChI is InChI=1S/C11H9F3O/c1-2-10(15)7-8-4-3-5-9(6-8)11(12,13)14/h2-6H,1,7H2. The highest BCUT2D eigenvalue weighted by Crippen LogP contribution is 2.29. The molecule has 1 nitrogen and oxygen atoms in total. The van der Waals surface area contributed by atoms with E-state index in [0.717, 1.165) is 18.2 Å². The summed E-state index contributed by atoms with van der Waals surface area (Å²) in [6, 6.07) is 4.72. The molecule has 0 aliphatic heterocycles. The van der Waals surface area contributed by atoms with E-state index < -0.39 is 11.7 Å². The Kier molecular flexibility index (Phi) is 3.29. The molecular formula is C11H9F3O. The van der Waals surface area contributed by atoms with E-state index in [0.29, 0.717) is 5.56 Å². The lowest BCUT2D eigenvalue weighted by Gasteiger charge is -2.07. The van der Waals surface area contributed by atoms with Gasteiger partial charge in [0.05, 0.1) is 5.56 Å². The van der Waals surface area contributed by atoms with Gasteiger partial charge in [0, 0.05) is 6.42 Å². The molecule has 0 spiro atoms. The molecule has 0 fully saturated rings. The average Bonchev–Trinajstić information content (AvgIpc) is 2.17. The molecule has 0 N–H and O–H groups in total. The Bertz CT molecular complexity index is 380. The number of ketones is 1. The lowest BCUT2D eigenvalue weighted by Crippen LogP contribution is -2.06. The van der Waals surface area contributed by atoms with Crippen LogP contribution in [0.25, 0.3) is 0 Å². The van der Waals surface area contributed by atoms with Gasteiger partial charge in [-0.3, -0.25) is 4.79 Å². The van der Waals surface area contributed by atoms with E-state index in [2.05, 4.69) is 6.58 Å². The normalized spacial score (nSPS) is 11.1. The summed E-state index contributed by atoms with van der Waals surface area (Å²) in [5, 5.41) is 0. The van der Waals surface area contributed by atoms with Gasteiger partial charge in [-0.25, -0.2) is 0 Å². The van der Waals surface area contributed by atoms with Gasteiger partial charge in [-0.15, -0.1) is 0 Å². The molecule has 4 heteroatoms. The van der Waals surface area contributed by atoms with Gasteiger partial charge in [0.1, 0.15) is 0 Å². The summed E-state index contributed by atoms with van der Waals surface area (Å²) < 4.78 is 36.8. The van der Waals surface area contributed by atoms with Crippen LogP contribution < -0.4 is 0 Å². The monoisotopic (exact) mass is 214 g/mol. The Labute approximate surface area is 85.2 Å². The zero-order chi connectivity index (χ0) is 11.5. The van der Waals surface area contributed by atoms with Crippen molar-refractivity contribution in [1.82, 2.24) is 0 Å². The number of carbonyl (C=O) groups excluding carboxylic acids is 1. The second-order valence-electron chi connectivity index (χ2n) is 3.05. The van der Waals surface area contributed by atoms with Crippen LogP contribution in [-0.2, 0) is 17.4 Å². The first-order valence-electron chi connectivity index (χ1n) is 4.25.